The summed E-state index contributed by atoms with van der Waals surface area (Å²) in [5.74, 6) is 0.433. The van der Waals surface area contributed by atoms with Gasteiger partial charge in [-0.1, -0.05) is 22.9 Å². The summed E-state index contributed by atoms with van der Waals surface area (Å²) in [7, 11) is 0. The first-order valence-corrected chi connectivity index (χ1v) is 7.69. The second-order valence-corrected chi connectivity index (χ2v) is 5.89. The maximum Gasteiger partial charge on any atom is 0.269 e. The van der Waals surface area contributed by atoms with E-state index in [-0.39, 0.29) is 17.6 Å². The number of non-ortho nitro benzene ring substituents is 1. The van der Waals surface area contributed by atoms with E-state index in [0.29, 0.717) is 17.0 Å². The first-order chi connectivity index (χ1) is 9.45. The van der Waals surface area contributed by atoms with Crippen LogP contribution in [0.3, 0.4) is 0 Å². The predicted octanol–water partition coefficient (Wildman–Crippen LogP) is 3.15. The van der Waals surface area contributed by atoms with Gasteiger partial charge in [-0.3, -0.25) is 14.9 Å². The molecule has 1 heterocycles. The highest BCUT2D eigenvalue weighted by atomic mass is 79.9. The Morgan fingerprint density at radius 2 is 2.25 bits per heavy atom. The third-order valence-electron chi connectivity index (χ3n) is 3.95. The maximum atomic E-state index is 12.6. The summed E-state index contributed by atoms with van der Waals surface area (Å²) in [5, 5.41) is 11.5. The van der Waals surface area contributed by atoms with Crippen LogP contribution in [0.5, 0.6) is 0 Å². The van der Waals surface area contributed by atoms with Crippen molar-refractivity contribution in [3.05, 3.63) is 39.4 Å². The Hall–Kier alpha value is -1.43. The van der Waals surface area contributed by atoms with Crippen molar-refractivity contribution < 1.29 is 9.72 Å². The van der Waals surface area contributed by atoms with Gasteiger partial charge < -0.3 is 4.90 Å². The number of rotatable bonds is 3. The van der Waals surface area contributed by atoms with E-state index in [4.69, 9.17) is 0 Å². The summed E-state index contributed by atoms with van der Waals surface area (Å²) in [6.45, 7) is 4.62. The molecule has 0 spiro atoms. The molecule has 0 aliphatic carbocycles. The molecule has 108 valence electrons. The van der Waals surface area contributed by atoms with Crippen molar-refractivity contribution in [2.75, 3.05) is 11.9 Å². The normalized spacial score (nSPS) is 22.1. The molecule has 0 saturated carbocycles. The van der Waals surface area contributed by atoms with Crippen LogP contribution in [0.15, 0.2) is 18.2 Å². The van der Waals surface area contributed by atoms with Crippen LogP contribution in [0.25, 0.3) is 0 Å². The molecule has 2 atom stereocenters. The molecule has 0 bridgehead atoms. The minimum atomic E-state index is -0.444. The van der Waals surface area contributed by atoms with E-state index < -0.39 is 4.92 Å². The summed E-state index contributed by atoms with van der Waals surface area (Å²) < 4.78 is 0. The van der Waals surface area contributed by atoms with E-state index in [9.17, 15) is 14.9 Å². The van der Waals surface area contributed by atoms with Crippen LogP contribution in [0.4, 0.5) is 5.69 Å². The van der Waals surface area contributed by atoms with Crippen molar-refractivity contribution in [1.29, 1.82) is 0 Å². The Morgan fingerprint density at radius 1 is 1.55 bits per heavy atom. The number of nitro groups is 1. The lowest BCUT2D eigenvalue weighted by molar-refractivity contribution is -0.384. The fraction of sp³-hybridized carbons (Fsp3) is 0.500. The lowest BCUT2D eigenvalue weighted by atomic mass is 10.0. The molecule has 1 aliphatic rings. The number of aryl methyl sites for hydroxylation is 1. The third kappa shape index (κ3) is 2.70. The number of hydrogen-bond donors (Lipinski definition) is 0. The second kappa shape index (κ2) is 5.91. The van der Waals surface area contributed by atoms with Crippen LogP contribution < -0.4 is 0 Å². The van der Waals surface area contributed by atoms with Gasteiger partial charge in [0, 0.05) is 35.6 Å². The summed E-state index contributed by atoms with van der Waals surface area (Å²) in [4.78, 5) is 24.8. The monoisotopic (exact) mass is 340 g/mol. The number of alkyl halides is 1. The minimum absolute atomic E-state index is 0.0193. The van der Waals surface area contributed by atoms with E-state index in [1.54, 1.807) is 13.0 Å². The molecule has 1 aromatic carbocycles. The number of likely N-dealkylation sites (tertiary alicyclic amines) is 1. The Bertz CT molecular complexity index is 547. The Balaban J connectivity index is 2.28. The number of carbonyl (C=O) groups excluding carboxylic acids is 1. The number of nitro benzene ring substituents is 1. The van der Waals surface area contributed by atoms with Gasteiger partial charge in [0.05, 0.1) is 4.92 Å². The number of nitrogens with zero attached hydrogens (tertiary/aromatic N) is 2. The van der Waals surface area contributed by atoms with E-state index in [0.717, 1.165) is 18.3 Å². The Labute approximate surface area is 126 Å². The highest BCUT2D eigenvalue weighted by molar-refractivity contribution is 9.09. The molecule has 20 heavy (non-hydrogen) atoms. The van der Waals surface area contributed by atoms with Crippen molar-refractivity contribution in [2.24, 2.45) is 5.92 Å². The van der Waals surface area contributed by atoms with Gasteiger partial charge in [-0.15, -0.1) is 0 Å². The molecule has 1 fully saturated rings. The van der Waals surface area contributed by atoms with Crippen molar-refractivity contribution in [3.8, 4) is 0 Å². The Kier molecular flexibility index (Phi) is 4.42. The topological polar surface area (TPSA) is 63.5 Å². The molecule has 1 aromatic rings. The van der Waals surface area contributed by atoms with Crippen LogP contribution >= 0.6 is 15.9 Å². The number of carbonyl (C=O) groups is 1. The summed E-state index contributed by atoms with van der Waals surface area (Å²) >= 11 is 3.46. The van der Waals surface area contributed by atoms with Crippen LogP contribution in [-0.4, -0.2) is 33.6 Å². The standard InChI is InChI=1S/C14H17BrN2O3/c1-9-5-6-16(13(9)8-15)14(18)12-4-3-11(17(19)20)7-10(12)2/h3-4,7,9,13H,5-6,8H2,1-2H3. The molecule has 2 rings (SSSR count). The highest BCUT2D eigenvalue weighted by Gasteiger charge is 2.34. The zero-order chi connectivity index (χ0) is 14.9. The molecule has 0 radical (unpaired) electrons. The zero-order valence-corrected chi connectivity index (χ0v) is 13.1. The van der Waals surface area contributed by atoms with E-state index >= 15 is 0 Å². The number of halogens is 1. The number of benzene rings is 1. The molecular weight excluding hydrogens is 324 g/mol. The van der Waals surface area contributed by atoms with E-state index in [1.807, 2.05) is 4.90 Å². The van der Waals surface area contributed by atoms with Crippen molar-refractivity contribution in [3.63, 3.8) is 0 Å². The van der Waals surface area contributed by atoms with Gasteiger partial charge in [0.25, 0.3) is 11.6 Å². The van der Waals surface area contributed by atoms with Gasteiger partial charge in [0.15, 0.2) is 0 Å². The fourth-order valence-corrected chi connectivity index (χ4v) is 3.64. The second-order valence-electron chi connectivity index (χ2n) is 5.24. The molecule has 5 nitrogen and oxygen atoms in total. The molecule has 2 unspecified atom stereocenters. The number of hydrogen-bond acceptors (Lipinski definition) is 3. The van der Waals surface area contributed by atoms with Crippen molar-refractivity contribution in [2.45, 2.75) is 26.3 Å². The van der Waals surface area contributed by atoms with Gasteiger partial charge >= 0.3 is 0 Å². The lowest BCUT2D eigenvalue weighted by Gasteiger charge is -2.26. The molecular formula is C14H17BrN2O3. The SMILES string of the molecule is Cc1cc([N+](=O)[O-])ccc1C(=O)N1CCC(C)C1CBr. The van der Waals surface area contributed by atoms with Crippen LogP contribution in [0.1, 0.15) is 29.3 Å². The van der Waals surface area contributed by atoms with Crippen LogP contribution in [-0.2, 0) is 0 Å². The maximum absolute atomic E-state index is 12.6. The predicted molar refractivity (Wildman–Crippen MR) is 80.2 cm³/mol. The van der Waals surface area contributed by atoms with Gasteiger partial charge in [0.1, 0.15) is 0 Å². The molecule has 1 amide bonds. The number of amides is 1. The van der Waals surface area contributed by atoms with E-state index in [1.165, 1.54) is 12.1 Å². The minimum Gasteiger partial charge on any atom is -0.335 e. The summed E-state index contributed by atoms with van der Waals surface area (Å²) in [6.07, 6.45) is 0.994. The molecule has 1 saturated heterocycles. The van der Waals surface area contributed by atoms with Crippen LogP contribution in [0, 0.1) is 23.0 Å². The van der Waals surface area contributed by atoms with Gasteiger partial charge in [-0.05, 0) is 30.9 Å². The first-order valence-electron chi connectivity index (χ1n) is 6.57. The van der Waals surface area contributed by atoms with Crippen molar-refractivity contribution >= 4 is 27.5 Å². The third-order valence-corrected chi connectivity index (χ3v) is 4.62. The van der Waals surface area contributed by atoms with Gasteiger partial charge in [-0.2, -0.15) is 0 Å². The summed E-state index contributed by atoms with van der Waals surface area (Å²) in [5.41, 5.74) is 1.22. The average molecular weight is 341 g/mol. The fourth-order valence-electron chi connectivity index (χ4n) is 2.65. The smallest absolute Gasteiger partial charge is 0.269 e. The van der Waals surface area contributed by atoms with Gasteiger partial charge in [-0.25, -0.2) is 0 Å². The largest absolute Gasteiger partial charge is 0.335 e. The van der Waals surface area contributed by atoms with Crippen LogP contribution in [0.2, 0.25) is 0 Å². The molecule has 0 N–H and O–H groups in total. The lowest BCUT2D eigenvalue weighted by Crippen LogP contribution is -2.38. The molecule has 6 heteroatoms. The average Bonchev–Trinajstić information content (AvgIpc) is 2.78. The highest BCUT2D eigenvalue weighted by Crippen LogP contribution is 2.28. The molecule has 0 aromatic heterocycles. The first kappa shape index (κ1) is 15.0. The Morgan fingerprint density at radius 3 is 2.80 bits per heavy atom. The quantitative estimate of drug-likeness (QED) is 0.482. The van der Waals surface area contributed by atoms with E-state index in [2.05, 4.69) is 22.9 Å². The zero-order valence-electron chi connectivity index (χ0n) is 11.5. The summed E-state index contributed by atoms with van der Waals surface area (Å²) in [6, 6.07) is 4.60. The molecule has 1 aliphatic heterocycles. The van der Waals surface area contributed by atoms with Gasteiger partial charge in [0.2, 0.25) is 0 Å². The van der Waals surface area contributed by atoms with Crippen molar-refractivity contribution in [1.82, 2.24) is 4.90 Å².